The van der Waals surface area contributed by atoms with Gasteiger partial charge in [0.25, 0.3) is 0 Å². The van der Waals surface area contributed by atoms with Crippen LogP contribution in [0, 0.1) is 17.3 Å². The van der Waals surface area contributed by atoms with Crippen molar-refractivity contribution >= 4 is 11.6 Å². The molecule has 0 radical (unpaired) electrons. The lowest BCUT2D eigenvalue weighted by Crippen LogP contribution is -2.31. The molecule has 0 aromatic heterocycles. The van der Waals surface area contributed by atoms with Crippen LogP contribution in [0.1, 0.15) is 38.2 Å². The maximum Gasteiger partial charge on any atom is 0.147 e. The standard InChI is InChI=1S/C18H20O2/c1-11-9-14(19)10-15-16(13-7-5-4-6-8-13)12(2)18(11,3)17(15)20/h4-8,11,15-16H,2,9-10H2,1,3H3/t11-,15-,16+,18+/m0/s1. The molecule has 2 bridgehead atoms. The third-order valence-electron chi connectivity index (χ3n) is 5.42. The Balaban J connectivity index is 2.13. The lowest BCUT2D eigenvalue weighted by molar-refractivity contribution is -0.129. The van der Waals surface area contributed by atoms with Crippen LogP contribution in [0.4, 0.5) is 0 Å². The maximum atomic E-state index is 12.9. The van der Waals surface area contributed by atoms with Gasteiger partial charge in [-0.1, -0.05) is 49.4 Å². The van der Waals surface area contributed by atoms with E-state index in [1.807, 2.05) is 44.2 Å². The average molecular weight is 268 g/mol. The molecule has 2 aliphatic rings. The summed E-state index contributed by atoms with van der Waals surface area (Å²) < 4.78 is 0. The minimum Gasteiger partial charge on any atom is -0.300 e. The Kier molecular flexibility index (Phi) is 2.93. The van der Waals surface area contributed by atoms with Crippen molar-refractivity contribution in [2.24, 2.45) is 17.3 Å². The summed E-state index contributed by atoms with van der Waals surface area (Å²) in [4.78, 5) is 24.9. The second-order valence-electron chi connectivity index (χ2n) is 6.43. The number of carbonyl (C=O) groups is 2. The molecule has 3 rings (SSSR count). The normalized spacial score (nSPS) is 37.1. The molecule has 0 aliphatic heterocycles. The molecular weight excluding hydrogens is 248 g/mol. The smallest absolute Gasteiger partial charge is 0.147 e. The van der Waals surface area contributed by atoms with Gasteiger partial charge in [0.1, 0.15) is 11.6 Å². The minimum atomic E-state index is -0.544. The summed E-state index contributed by atoms with van der Waals surface area (Å²) in [7, 11) is 0. The number of rotatable bonds is 1. The van der Waals surface area contributed by atoms with Gasteiger partial charge in [0.15, 0.2) is 0 Å². The third kappa shape index (κ3) is 1.64. The third-order valence-corrected chi connectivity index (χ3v) is 5.42. The van der Waals surface area contributed by atoms with Crippen molar-refractivity contribution in [3.05, 3.63) is 48.0 Å². The molecule has 2 saturated carbocycles. The molecule has 0 saturated heterocycles. The number of carbonyl (C=O) groups excluding carboxylic acids is 2. The second kappa shape index (κ2) is 4.41. The van der Waals surface area contributed by atoms with Crippen LogP contribution in [-0.2, 0) is 9.59 Å². The molecule has 2 nitrogen and oxygen atoms in total. The first-order chi connectivity index (χ1) is 9.46. The molecule has 2 fully saturated rings. The van der Waals surface area contributed by atoms with Gasteiger partial charge < -0.3 is 0 Å². The van der Waals surface area contributed by atoms with Crippen LogP contribution in [0.15, 0.2) is 42.5 Å². The monoisotopic (exact) mass is 268 g/mol. The highest BCUT2D eigenvalue weighted by atomic mass is 16.1. The van der Waals surface area contributed by atoms with Crippen LogP contribution in [0.5, 0.6) is 0 Å². The van der Waals surface area contributed by atoms with E-state index in [1.165, 1.54) is 0 Å². The molecule has 0 spiro atoms. The van der Waals surface area contributed by atoms with Gasteiger partial charge in [0.2, 0.25) is 0 Å². The first kappa shape index (κ1) is 13.3. The van der Waals surface area contributed by atoms with Gasteiger partial charge in [-0.3, -0.25) is 9.59 Å². The zero-order valence-corrected chi connectivity index (χ0v) is 12.1. The van der Waals surface area contributed by atoms with Gasteiger partial charge in [-0.05, 0) is 18.4 Å². The molecule has 1 aromatic rings. The van der Waals surface area contributed by atoms with E-state index in [4.69, 9.17) is 0 Å². The van der Waals surface area contributed by atoms with Crippen molar-refractivity contribution in [3.63, 3.8) is 0 Å². The number of ketones is 2. The Morgan fingerprint density at radius 1 is 1.15 bits per heavy atom. The van der Waals surface area contributed by atoms with E-state index in [-0.39, 0.29) is 29.3 Å². The molecule has 0 N–H and O–H groups in total. The van der Waals surface area contributed by atoms with Gasteiger partial charge in [-0.2, -0.15) is 0 Å². The number of allylic oxidation sites excluding steroid dienone is 1. The summed E-state index contributed by atoms with van der Waals surface area (Å²) in [5.74, 6) is 0.268. The number of hydrogen-bond donors (Lipinski definition) is 0. The van der Waals surface area contributed by atoms with Crippen molar-refractivity contribution in [1.29, 1.82) is 0 Å². The summed E-state index contributed by atoms with van der Waals surface area (Å²) in [6.45, 7) is 8.26. The van der Waals surface area contributed by atoms with Crippen LogP contribution in [0.3, 0.4) is 0 Å². The van der Waals surface area contributed by atoms with Crippen molar-refractivity contribution in [1.82, 2.24) is 0 Å². The maximum absolute atomic E-state index is 12.9. The van der Waals surface area contributed by atoms with E-state index in [1.54, 1.807) is 0 Å². The van der Waals surface area contributed by atoms with Gasteiger partial charge >= 0.3 is 0 Å². The van der Waals surface area contributed by atoms with Gasteiger partial charge in [-0.25, -0.2) is 0 Å². The second-order valence-corrected chi connectivity index (χ2v) is 6.43. The largest absolute Gasteiger partial charge is 0.300 e. The zero-order valence-electron chi connectivity index (χ0n) is 12.1. The highest BCUT2D eigenvalue weighted by Gasteiger charge is 2.57. The van der Waals surface area contributed by atoms with Gasteiger partial charge in [0.05, 0.1) is 5.41 Å². The average Bonchev–Trinajstić information content (AvgIpc) is 2.57. The van der Waals surface area contributed by atoms with E-state index in [9.17, 15) is 9.59 Å². The fraction of sp³-hybridized carbons (Fsp3) is 0.444. The summed E-state index contributed by atoms with van der Waals surface area (Å²) in [5, 5.41) is 0. The summed E-state index contributed by atoms with van der Waals surface area (Å²) in [6.07, 6.45) is 0.872. The highest BCUT2D eigenvalue weighted by Crippen LogP contribution is 2.58. The predicted molar refractivity (Wildman–Crippen MR) is 78.3 cm³/mol. The Labute approximate surface area is 119 Å². The number of benzene rings is 1. The molecule has 104 valence electrons. The van der Waals surface area contributed by atoms with E-state index >= 15 is 0 Å². The van der Waals surface area contributed by atoms with Crippen LogP contribution in [0.25, 0.3) is 0 Å². The van der Waals surface area contributed by atoms with Gasteiger partial charge in [0, 0.05) is 24.7 Å². The molecule has 20 heavy (non-hydrogen) atoms. The summed E-state index contributed by atoms with van der Waals surface area (Å²) in [6, 6.07) is 10.0. The Hall–Kier alpha value is -1.70. The fourth-order valence-corrected chi connectivity index (χ4v) is 4.00. The van der Waals surface area contributed by atoms with E-state index < -0.39 is 5.41 Å². The van der Waals surface area contributed by atoms with Gasteiger partial charge in [-0.15, -0.1) is 0 Å². The zero-order chi connectivity index (χ0) is 14.5. The number of hydrogen-bond acceptors (Lipinski definition) is 2. The molecule has 0 heterocycles. The van der Waals surface area contributed by atoms with Crippen molar-refractivity contribution < 1.29 is 9.59 Å². The summed E-state index contributed by atoms with van der Waals surface area (Å²) >= 11 is 0. The van der Waals surface area contributed by atoms with Crippen molar-refractivity contribution in [2.45, 2.75) is 32.6 Å². The number of Topliss-reactive ketones (excluding diaryl/α,β-unsaturated/α-hetero) is 2. The number of fused-ring (bicyclic) bond motifs is 2. The first-order valence-electron chi connectivity index (χ1n) is 7.26. The molecular formula is C18H20O2. The van der Waals surface area contributed by atoms with Crippen LogP contribution >= 0.6 is 0 Å². The van der Waals surface area contributed by atoms with Crippen molar-refractivity contribution in [2.75, 3.05) is 0 Å². The van der Waals surface area contributed by atoms with Crippen LogP contribution < -0.4 is 0 Å². The highest BCUT2D eigenvalue weighted by molar-refractivity contribution is 6.00. The molecule has 0 unspecified atom stereocenters. The van der Waals surface area contributed by atoms with Crippen molar-refractivity contribution in [3.8, 4) is 0 Å². The quantitative estimate of drug-likeness (QED) is 0.730. The first-order valence-corrected chi connectivity index (χ1v) is 7.26. The Morgan fingerprint density at radius 3 is 2.45 bits per heavy atom. The Bertz CT molecular complexity index is 587. The van der Waals surface area contributed by atoms with E-state index in [2.05, 4.69) is 6.58 Å². The lowest BCUT2D eigenvalue weighted by atomic mass is 9.70. The fourth-order valence-electron chi connectivity index (χ4n) is 4.00. The summed E-state index contributed by atoms with van der Waals surface area (Å²) in [5.41, 5.74) is 1.57. The van der Waals surface area contributed by atoms with Crippen LogP contribution in [-0.4, -0.2) is 11.6 Å². The minimum absolute atomic E-state index is 0.000370. The van der Waals surface area contributed by atoms with E-state index in [0.29, 0.717) is 12.8 Å². The van der Waals surface area contributed by atoms with Crippen LogP contribution in [0.2, 0.25) is 0 Å². The lowest BCUT2D eigenvalue weighted by Gasteiger charge is -2.32. The predicted octanol–water partition coefficient (Wildman–Crippen LogP) is 3.53. The topological polar surface area (TPSA) is 34.1 Å². The Morgan fingerprint density at radius 2 is 1.80 bits per heavy atom. The molecule has 2 heteroatoms. The SMILES string of the molecule is C=C1[C@H](c2ccccc2)[C@@H]2CC(=O)C[C@H](C)[C@@]1(C)C2=O. The molecule has 2 aliphatic carbocycles. The molecule has 0 amide bonds. The molecule has 4 atom stereocenters. The van der Waals surface area contributed by atoms with E-state index in [0.717, 1.165) is 11.1 Å². The molecule has 1 aromatic carbocycles.